The SMILES string of the molecule is CCOc1cc(/C=C(\C#N)C(=O)Nc2cccc([N+](=O)[O-])c2)ccc1OCC(=O)Nc1ccccc1. The third-order valence-electron chi connectivity index (χ3n) is 4.67. The van der Waals surface area contributed by atoms with Gasteiger partial charge in [0, 0.05) is 23.5 Å². The van der Waals surface area contributed by atoms with Crippen LogP contribution in [0, 0.1) is 21.4 Å². The fraction of sp³-hybridized carbons (Fsp3) is 0.115. The number of carbonyl (C=O) groups excluding carboxylic acids is 2. The van der Waals surface area contributed by atoms with Crippen LogP contribution in [0.15, 0.2) is 78.4 Å². The Morgan fingerprint density at radius 3 is 2.42 bits per heavy atom. The van der Waals surface area contributed by atoms with Crippen LogP contribution in [-0.2, 0) is 9.59 Å². The number of hydrogen-bond acceptors (Lipinski definition) is 7. The number of benzene rings is 3. The lowest BCUT2D eigenvalue weighted by Crippen LogP contribution is -2.20. The molecular formula is C26H22N4O6. The van der Waals surface area contributed by atoms with Crippen molar-refractivity contribution in [3.05, 3.63) is 94.0 Å². The lowest BCUT2D eigenvalue weighted by molar-refractivity contribution is -0.384. The van der Waals surface area contributed by atoms with E-state index in [-0.39, 0.29) is 29.5 Å². The number of hydrogen-bond donors (Lipinski definition) is 2. The van der Waals surface area contributed by atoms with Gasteiger partial charge in [0.2, 0.25) is 0 Å². The maximum atomic E-state index is 12.6. The quantitative estimate of drug-likeness (QED) is 0.185. The van der Waals surface area contributed by atoms with Crippen LogP contribution in [0.5, 0.6) is 11.5 Å². The maximum Gasteiger partial charge on any atom is 0.271 e. The van der Waals surface area contributed by atoms with Gasteiger partial charge in [-0.2, -0.15) is 5.26 Å². The second kappa shape index (κ2) is 12.3. The van der Waals surface area contributed by atoms with E-state index in [0.717, 1.165) is 0 Å². The summed E-state index contributed by atoms with van der Waals surface area (Å²) in [6.07, 6.45) is 1.35. The van der Waals surface area contributed by atoms with E-state index in [0.29, 0.717) is 29.4 Å². The fourth-order valence-electron chi connectivity index (χ4n) is 3.07. The van der Waals surface area contributed by atoms with Gasteiger partial charge in [0.1, 0.15) is 11.6 Å². The average molecular weight is 486 g/mol. The number of non-ortho nitro benzene ring substituents is 1. The zero-order valence-electron chi connectivity index (χ0n) is 19.3. The molecule has 36 heavy (non-hydrogen) atoms. The van der Waals surface area contributed by atoms with Crippen LogP contribution < -0.4 is 20.1 Å². The highest BCUT2D eigenvalue weighted by Gasteiger charge is 2.14. The molecule has 0 fully saturated rings. The Labute approximate surface area is 206 Å². The first kappa shape index (κ1) is 25.5. The summed E-state index contributed by atoms with van der Waals surface area (Å²) in [6, 6.07) is 20.9. The number of nitrogens with zero attached hydrogens (tertiary/aromatic N) is 2. The Morgan fingerprint density at radius 2 is 1.72 bits per heavy atom. The summed E-state index contributed by atoms with van der Waals surface area (Å²) in [4.78, 5) is 35.1. The number of nitro groups is 1. The highest BCUT2D eigenvalue weighted by atomic mass is 16.6. The van der Waals surface area contributed by atoms with Crippen LogP contribution in [0.1, 0.15) is 12.5 Å². The molecule has 10 heteroatoms. The van der Waals surface area contributed by atoms with E-state index in [1.807, 2.05) is 12.1 Å². The summed E-state index contributed by atoms with van der Waals surface area (Å²) in [5.41, 5.74) is 0.891. The lowest BCUT2D eigenvalue weighted by atomic mass is 10.1. The number of ether oxygens (including phenoxy) is 2. The molecule has 0 aliphatic rings. The predicted octanol–water partition coefficient (Wildman–Crippen LogP) is 4.56. The van der Waals surface area contributed by atoms with Gasteiger partial charge in [-0.1, -0.05) is 30.3 Å². The summed E-state index contributed by atoms with van der Waals surface area (Å²) in [5, 5.41) is 25.6. The van der Waals surface area contributed by atoms with Gasteiger partial charge in [0.05, 0.1) is 11.5 Å². The van der Waals surface area contributed by atoms with Crippen molar-refractivity contribution in [2.45, 2.75) is 6.92 Å². The number of nitrogens with one attached hydrogen (secondary N) is 2. The van der Waals surface area contributed by atoms with Gasteiger partial charge in [-0.05, 0) is 48.9 Å². The average Bonchev–Trinajstić information content (AvgIpc) is 2.87. The van der Waals surface area contributed by atoms with Crippen molar-refractivity contribution in [3.8, 4) is 17.6 Å². The zero-order chi connectivity index (χ0) is 25.9. The first-order chi connectivity index (χ1) is 17.4. The number of anilines is 2. The van der Waals surface area contributed by atoms with Crippen molar-refractivity contribution in [2.75, 3.05) is 23.8 Å². The second-order valence-electron chi connectivity index (χ2n) is 7.27. The van der Waals surface area contributed by atoms with E-state index in [9.17, 15) is 25.0 Å². The van der Waals surface area contributed by atoms with Gasteiger partial charge < -0.3 is 20.1 Å². The number of nitriles is 1. The summed E-state index contributed by atoms with van der Waals surface area (Å²) in [5.74, 6) is -0.432. The summed E-state index contributed by atoms with van der Waals surface area (Å²) < 4.78 is 11.2. The maximum absolute atomic E-state index is 12.6. The summed E-state index contributed by atoms with van der Waals surface area (Å²) in [6.45, 7) is 1.85. The molecule has 3 aromatic rings. The lowest BCUT2D eigenvalue weighted by Gasteiger charge is -2.13. The number of nitro benzene ring substituents is 1. The van der Waals surface area contributed by atoms with E-state index in [4.69, 9.17) is 9.47 Å². The molecule has 0 radical (unpaired) electrons. The Balaban J connectivity index is 1.72. The van der Waals surface area contributed by atoms with Crippen LogP contribution in [0.4, 0.5) is 17.1 Å². The highest BCUT2D eigenvalue weighted by Crippen LogP contribution is 2.29. The molecule has 10 nitrogen and oxygen atoms in total. The van der Waals surface area contributed by atoms with Crippen molar-refractivity contribution in [1.82, 2.24) is 0 Å². The van der Waals surface area contributed by atoms with Crippen molar-refractivity contribution < 1.29 is 24.0 Å². The molecular weight excluding hydrogens is 464 g/mol. The molecule has 2 N–H and O–H groups in total. The number of carbonyl (C=O) groups is 2. The molecule has 3 rings (SSSR count). The van der Waals surface area contributed by atoms with Gasteiger partial charge in [0.25, 0.3) is 17.5 Å². The standard InChI is InChI=1S/C26H22N4O6/c1-2-35-24-14-18(11-12-23(24)36-17-25(31)28-20-7-4-3-5-8-20)13-19(16-27)26(32)29-21-9-6-10-22(15-21)30(33)34/h3-15H,2,17H2,1H3,(H,28,31)(H,29,32)/b19-13+. The third kappa shape index (κ3) is 7.16. The van der Waals surface area contributed by atoms with Crippen molar-refractivity contribution in [1.29, 1.82) is 5.26 Å². The molecule has 0 aliphatic carbocycles. The molecule has 0 bridgehead atoms. The molecule has 3 aromatic carbocycles. The smallest absolute Gasteiger partial charge is 0.271 e. The molecule has 2 amide bonds. The molecule has 182 valence electrons. The van der Waals surface area contributed by atoms with Crippen LogP contribution in [0.3, 0.4) is 0 Å². The van der Waals surface area contributed by atoms with E-state index in [2.05, 4.69) is 10.6 Å². The van der Waals surface area contributed by atoms with Crippen molar-refractivity contribution in [2.24, 2.45) is 0 Å². The zero-order valence-corrected chi connectivity index (χ0v) is 19.3. The van der Waals surface area contributed by atoms with Crippen LogP contribution in [0.25, 0.3) is 6.08 Å². The molecule has 0 heterocycles. The second-order valence-corrected chi connectivity index (χ2v) is 7.27. The topological polar surface area (TPSA) is 144 Å². The first-order valence-corrected chi connectivity index (χ1v) is 10.8. The van der Waals surface area contributed by atoms with E-state index < -0.39 is 10.8 Å². The molecule has 0 aliphatic heterocycles. The minimum Gasteiger partial charge on any atom is -0.490 e. The van der Waals surface area contributed by atoms with Crippen LogP contribution in [0.2, 0.25) is 0 Å². The molecule has 0 spiro atoms. The Morgan fingerprint density at radius 1 is 0.972 bits per heavy atom. The van der Waals surface area contributed by atoms with Gasteiger partial charge >= 0.3 is 0 Å². The van der Waals surface area contributed by atoms with Gasteiger partial charge in [-0.15, -0.1) is 0 Å². The molecule has 0 aromatic heterocycles. The van der Waals surface area contributed by atoms with E-state index >= 15 is 0 Å². The molecule has 0 unspecified atom stereocenters. The van der Waals surface area contributed by atoms with E-state index in [1.165, 1.54) is 30.3 Å². The first-order valence-electron chi connectivity index (χ1n) is 10.8. The highest BCUT2D eigenvalue weighted by molar-refractivity contribution is 6.09. The molecule has 0 saturated heterocycles. The minimum atomic E-state index is -0.728. The fourth-order valence-corrected chi connectivity index (χ4v) is 3.07. The number of amides is 2. The Bertz CT molecular complexity index is 1330. The van der Waals surface area contributed by atoms with Crippen LogP contribution >= 0.6 is 0 Å². The Kier molecular flexibility index (Phi) is 8.72. The largest absolute Gasteiger partial charge is 0.490 e. The van der Waals surface area contributed by atoms with Crippen LogP contribution in [-0.4, -0.2) is 30.0 Å². The normalized spacial score (nSPS) is 10.6. The molecule has 0 saturated carbocycles. The van der Waals surface area contributed by atoms with Gasteiger partial charge in [0.15, 0.2) is 18.1 Å². The summed E-state index contributed by atoms with van der Waals surface area (Å²) >= 11 is 0. The monoisotopic (exact) mass is 486 g/mol. The third-order valence-corrected chi connectivity index (χ3v) is 4.67. The van der Waals surface area contributed by atoms with Gasteiger partial charge in [-0.25, -0.2) is 0 Å². The van der Waals surface area contributed by atoms with E-state index in [1.54, 1.807) is 49.4 Å². The number of rotatable bonds is 10. The predicted molar refractivity (Wildman–Crippen MR) is 133 cm³/mol. The van der Waals surface area contributed by atoms with Crippen molar-refractivity contribution >= 4 is 35.0 Å². The van der Waals surface area contributed by atoms with Gasteiger partial charge in [-0.3, -0.25) is 19.7 Å². The number of para-hydroxylation sites is 1. The minimum absolute atomic E-state index is 0.183. The molecule has 0 atom stereocenters. The Hall–Kier alpha value is -5.17. The van der Waals surface area contributed by atoms with Crippen molar-refractivity contribution in [3.63, 3.8) is 0 Å². The summed E-state index contributed by atoms with van der Waals surface area (Å²) in [7, 11) is 0.